The Hall–Kier alpha value is -2.88. The number of pyridine rings is 1. The van der Waals surface area contributed by atoms with Gasteiger partial charge in [0.1, 0.15) is 0 Å². The van der Waals surface area contributed by atoms with Crippen molar-refractivity contribution in [1.29, 1.82) is 0 Å². The molecule has 4 rings (SSSR count). The predicted octanol–water partition coefficient (Wildman–Crippen LogP) is 3.20. The van der Waals surface area contributed by atoms with E-state index in [9.17, 15) is 4.79 Å². The molecule has 0 saturated carbocycles. The summed E-state index contributed by atoms with van der Waals surface area (Å²) < 4.78 is 0. The molecule has 0 unspecified atom stereocenters. The lowest BCUT2D eigenvalue weighted by Crippen LogP contribution is -2.48. The first kappa shape index (κ1) is 14.7. The highest BCUT2D eigenvalue weighted by Gasteiger charge is 2.22. The molecule has 0 aliphatic carbocycles. The summed E-state index contributed by atoms with van der Waals surface area (Å²) in [4.78, 5) is 21.4. The van der Waals surface area contributed by atoms with Crippen LogP contribution in [0.5, 0.6) is 0 Å². The number of carbonyl (C=O) groups is 1. The summed E-state index contributed by atoms with van der Waals surface area (Å²) in [6.45, 7) is 3.19. The van der Waals surface area contributed by atoms with Crippen molar-refractivity contribution in [3.8, 4) is 0 Å². The van der Waals surface area contributed by atoms with E-state index in [2.05, 4.69) is 22.0 Å². The van der Waals surface area contributed by atoms with Crippen LogP contribution >= 0.6 is 0 Å². The number of nitrogens with zero attached hydrogens (tertiary/aromatic N) is 3. The minimum atomic E-state index is 0.0703. The first-order chi connectivity index (χ1) is 11.8. The minimum Gasteiger partial charge on any atom is -0.368 e. The Balaban J connectivity index is 1.47. The molecule has 1 fully saturated rings. The van der Waals surface area contributed by atoms with E-state index in [1.807, 2.05) is 53.4 Å². The maximum absolute atomic E-state index is 12.8. The minimum absolute atomic E-state index is 0.0703. The molecular formula is C20H19N3O. The summed E-state index contributed by atoms with van der Waals surface area (Å²) in [6, 6.07) is 20.2. The zero-order valence-corrected chi connectivity index (χ0v) is 13.4. The van der Waals surface area contributed by atoms with Crippen molar-refractivity contribution in [3.05, 3.63) is 72.4 Å². The normalized spacial score (nSPS) is 14.8. The summed E-state index contributed by atoms with van der Waals surface area (Å²) in [5, 5.41) is 1.01. The Kier molecular flexibility index (Phi) is 3.87. The van der Waals surface area contributed by atoms with Crippen molar-refractivity contribution in [1.82, 2.24) is 9.88 Å². The average Bonchev–Trinajstić information content (AvgIpc) is 2.68. The molecule has 1 amide bonds. The van der Waals surface area contributed by atoms with Crippen LogP contribution in [0.15, 0.2) is 66.9 Å². The number of aromatic nitrogens is 1. The SMILES string of the molecule is O=C(c1cnc2ccccc2c1)N1CCN(c2ccccc2)CC1. The van der Waals surface area contributed by atoms with Gasteiger partial charge in [0.25, 0.3) is 5.91 Å². The first-order valence-electron chi connectivity index (χ1n) is 8.25. The summed E-state index contributed by atoms with van der Waals surface area (Å²) in [5.41, 5.74) is 2.81. The molecule has 1 aliphatic rings. The van der Waals surface area contributed by atoms with Gasteiger partial charge in [-0.25, -0.2) is 0 Å². The molecule has 4 nitrogen and oxygen atoms in total. The molecule has 2 heterocycles. The van der Waals surface area contributed by atoms with Gasteiger partial charge in [0.15, 0.2) is 0 Å². The summed E-state index contributed by atoms with van der Waals surface area (Å²) >= 11 is 0. The van der Waals surface area contributed by atoms with E-state index in [0.717, 1.165) is 37.1 Å². The van der Waals surface area contributed by atoms with E-state index in [1.165, 1.54) is 5.69 Å². The average molecular weight is 317 g/mol. The second-order valence-electron chi connectivity index (χ2n) is 6.03. The van der Waals surface area contributed by atoms with E-state index >= 15 is 0 Å². The number of piperazine rings is 1. The van der Waals surface area contributed by atoms with Gasteiger partial charge in [0.05, 0.1) is 11.1 Å². The standard InChI is InChI=1S/C20H19N3O/c24-20(17-14-16-6-4-5-9-19(16)21-15-17)23-12-10-22(11-13-23)18-7-2-1-3-8-18/h1-9,14-15H,10-13H2. The van der Waals surface area contributed by atoms with Crippen LogP contribution in [0.1, 0.15) is 10.4 Å². The Bertz CT molecular complexity index is 855. The lowest BCUT2D eigenvalue weighted by Gasteiger charge is -2.36. The number of hydrogen-bond acceptors (Lipinski definition) is 3. The molecule has 2 aromatic carbocycles. The Morgan fingerprint density at radius 3 is 2.38 bits per heavy atom. The van der Waals surface area contributed by atoms with E-state index in [0.29, 0.717) is 5.56 Å². The fourth-order valence-corrected chi connectivity index (χ4v) is 3.18. The van der Waals surface area contributed by atoms with Crippen molar-refractivity contribution in [2.45, 2.75) is 0 Å². The van der Waals surface area contributed by atoms with Crippen LogP contribution in [0.3, 0.4) is 0 Å². The van der Waals surface area contributed by atoms with Crippen LogP contribution in [0.2, 0.25) is 0 Å². The molecule has 0 atom stereocenters. The topological polar surface area (TPSA) is 36.4 Å². The van der Waals surface area contributed by atoms with Gasteiger partial charge >= 0.3 is 0 Å². The van der Waals surface area contributed by atoms with E-state index in [1.54, 1.807) is 6.20 Å². The summed E-state index contributed by atoms with van der Waals surface area (Å²) in [6.07, 6.45) is 1.69. The van der Waals surface area contributed by atoms with E-state index in [4.69, 9.17) is 0 Å². The second kappa shape index (κ2) is 6.32. The smallest absolute Gasteiger partial charge is 0.255 e. The third-order valence-corrected chi connectivity index (χ3v) is 4.53. The highest BCUT2D eigenvalue weighted by molar-refractivity contribution is 5.97. The van der Waals surface area contributed by atoms with Gasteiger partial charge in [-0.3, -0.25) is 9.78 Å². The Morgan fingerprint density at radius 2 is 1.58 bits per heavy atom. The summed E-state index contributed by atoms with van der Waals surface area (Å²) in [7, 11) is 0. The summed E-state index contributed by atoms with van der Waals surface area (Å²) in [5.74, 6) is 0.0703. The van der Waals surface area contributed by atoms with Gasteiger partial charge in [-0.2, -0.15) is 0 Å². The number of fused-ring (bicyclic) bond motifs is 1. The van der Waals surface area contributed by atoms with Crippen molar-refractivity contribution in [2.75, 3.05) is 31.1 Å². The lowest BCUT2D eigenvalue weighted by atomic mass is 10.1. The molecule has 0 N–H and O–H groups in total. The highest BCUT2D eigenvalue weighted by Crippen LogP contribution is 2.18. The largest absolute Gasteiger partial charge is 0.368 e. The zero-order valence-electron chi connectivity index (χ0n) is 13.4. The Morgan fingerprint density at radius 1 is 0.875 bits per heavy atom. The molecular weight excluding hydrogens is 298 g/mol. The number of amides is 1. The van der Waals surface area contributed by atoms with Crippen LogP contribution in [-0.4, -0.2) is 42.0 Å². The Labute approximate surface area is 141 Å². The zero-order chi connectivity index (χ0) is 16.4. The van der Waals surface area contributed by atoms with Crippen molar-refractivity contribution in [3.63, 3.8) is 0 Å². The monoisotopic (exact) mass is 317 g/mol. The molecule has 0 bridgehead atoms. The fourth-order valence-electron chi connectivity index (χ4n) is 3.18. The number of para-hydroxylation sites is 2. The maximum atomic E-state index is 12.8. The number of carbonyl (C=O) groups excluding carboxylic acids is 1. The molecule has 24 heavy (non-hydrogen) atoms. The molecule has 3 aromatic rings. The van der Waals surface area contributed by atoms with Gasteiger partial charge in [0.2, 0.25) is 0 Å². The van der Waals surface area contributed by atoms with Crippen molar-refractivity contribution < 1.29 is 4.79 Å². The highest BCUT2D eigenvalue weighted by atomic mass is 16.2. The number of benzene rings is 2. The van der Waals surface area contributed by atoms with Crippen LogP contribution < -0.4 is 4.90 Å². The van der Waals surface area contributed by atoms with Crippen LogP contribution in [0, 0.1) is 0 Å². The van der Waals surface area contributed by atoms with E-state index in [-0.39, 0.29) is 5.91 Å². The molecule has 1 aromatic heterocycles. The molecule has 120 valence electrons. The van der Waals surface area contributed by atoms with Crippen LogP contribution in [0.4, 0.5) is 5.69 Å². The number of rotatable bonds is 2. The second-order valence-corrected chi connectivity index (χ2v) is 6.03. The van der Waals surface area contributed by atoms with Gasteiger partial charge in [0, 0.05) is 43.4 Å². The molecule has 1 saturated heterocycles. The molecule has 4 heteroatoms. The van der Waals surface area contributed by atoms with Crippen LogP contribution in [0.25, 0.3) is 10.9 Å². The quantitative estimate of drug-likeness (QED) is 0.728. The number of anilines is 1. The van der Waals surface area contributed by atoms with Gasteiger partial charge in [-0.1, -0.05) is 36.4 Å². The molecule has 0 spiro atoms. The third kappa shape index (κ3) is 2.83. The third-order valence-electron chi connectivity index (χ3n) is 4.53. The van der Waals surface area contributed by atoms with Crippen molar-refractivity contribution in [2.24, 2.45) is 0 Å². The van der Waals surface area contributed by atoms with Gasteiger partial charge in [-0.15, -0.1) is 0 Å². The predicted molar refractivity (Wildman–Crippen MR) is 96.3 cm³/mol. The first-order valence-corrected chi connectivity index (χ1v) is 8.25. The van der Waals surface area contributed by atoms with Crippen molar-refractivity contribution >= 4 is 22.5 Å². The maximum Gasteiger partial charge on any atom is 0.255 e. The van der Waals surface area contributed by atoms with Gasteiger partial charge in [-0.05, 0) is 24.3 Å². The lowest BCUT2D eigenvalue weighted by molar-refractivity contribution is 0.0746. The molecule has 1 aliphatic heterocycles. The van der Waals surface area contributed by atoms with Crippen LogP contribution in [-0.2, 0) is 0 Å². The van der Waals surface area contributed by atoms with Gasteiger partial charge < -0.3 is 9.80 Å². The number of hydrogen-bond donors (Lipinski definition) is 0. The fraction of sp³-hybridized carbons (Fsp3) is 0.200. The molecule has 0 radical (unpaired) electrons. The van der Waals surface area contributed by atoms with E-state index < -0.39 is 0 Å².